The van der Waals surface area contributed by atoms with Gasteiger partial charge in [0, 0.05) is 5.57 Å². The van der Waals surface area contributed by atoms with Crippen LogP contribution in [0.4, 0.5) is 26.3 Å². The van der Waals surface area contributed by atoms with E-state index in [1.165, 1.54) is 6.42 Å². The average Bonchev–Trinajstić information content (AvgIpc) is 2.75. The van der Waals surface area contributed by atoms with Crippen LogP contribution in [0.2, 0.25) is 0 Å². The molecule has 0 N–H and O–H groups in total. The highest BCUT2D eigenvalue weighted by Gasteiger charge is 2.64. The SMILES string of the molecule is CCCC1=CC=C(OC(F)(F)c2ccc(C3CCC(CCC)CC3)cc2)C(F)(F)C1(F)F. The molecule has 0 aromatic heterocycles. The van der Waals surface area contributed by atoms with Gasteiger partial charge in [0.2, 0.25) is 0 Å². The molecular formula is C25H30F6O. The van der Waals surface area contributed by atoms with Crippen LogP contribution in [0.5, 0.6) is 0 Å². The van der Waals surface area contributed by atoms with Crippen LogP contribution in [-0.2, 0) is 10.8 Å². The lowest BCUT2D eigenvalue weighted by molar-refractivity contribution is -0.268. The van der Waals surface area contributed by atoms with Gasteiger partial charge < -0.3 is 4.74 Å². The van der Waals surface area contributed by atoms with Crippen molar-refractivity contribution in [3.63, 3.8) is 0 Å². The Kier molecular flexibility index (Phi) is 7.35. The first-order chi connectivity index (χ1) is 15.0. The molecule has 178 valence electrons. The molecule has 0 saturated heterocycles. The number of ether oxygens (including phenoxy) is 1. The molecule has 0 spiro atoms. The summed E-state index contributed by atoms with van der Waals surface area (Å²) in [4.78, 5) is 0. The van der Waals surface area contributed by atoms with Crippen molar-refractivity contribution in [1.29, 1.82) is 0 Å². The highest BCUT2D eigenvalue weighted by molar-refractivity contribution is 5.36. The van der Waals surface area contributed by atoms with Crippen LogP contribution in [-0.4, -0.2) is 11.8 Å². The summed E-state index contributed by atoms with van der Waals surface area (Å²) in [7, 11) is 0. The molecule has 1 saturated carbocycles. The second kappa shape index (κ2) is 9.52. The van der Waals surface area contributed by atoms with Crippen LogP contribution >= 0.6 is 0 Å². The van der Waals surface area contributed by atoms with E-state index in [0.29, 0.717) is 12.0 Å². The average molecular weight is 461 g/mol. The van der Waals surface area contributed by atoms with Crippen molar-refractivity contribution in [2.45, 2.75) is 89.1 Å². The van der Waals surface area contributed by atoms with Crippen LogP contribution < -0.4 is 0 Å². The van der Waals surface area contributed by atoms with Gasteiger partial charge >= 0.3 is 18.0 Å². The Hall–Kier alpha value is -1.92. The monoisotopic (exact) mass is 460 g/mol. The highest BCUT2D eigenvalue weighted by Crippen LogP contribution is 2.51. The van der Waals surface area contributed by atoms with Gasteiger partial charge in [-0.15, -0.1) is 0 Å². The van der Waals surface area contributed by atoms with E-state index in [1.54, 1.807) is 19.1 Å². The van der Waals surface area contributed by atoms with Gasteiger partial charge in [0.05, 0.1) is 5.56 Å². The molecule has 0 unspecified atom stereocenters. The maximum Gasteiger partial charge on any atom is 0.426 e. The van der Waals surface area contributed by atoms with Crippen molar-refractivity contribution in [3.8, 4) is 0 Å². The molecule has 0 aliphatic heterocycles. The first-order valence-electron chi connectivity index (χ1n) is 11.4. The highest BCUT2D eigenvalue weighted by atomic mass is 19.3. The van der Waals surface area contributed by atoms with Crippen molar-refractivity contribution in [2.75, 3.05) is 0 Å². The van der Waals surface area contributed by atoms with Crippen molar-refractivity contribution >= 4 is 0 Å². The zero-order chi connectivity index (χ0) is 23.6. The number of alkyl halides is 6. The molecular weight excluding hydrogens is 430 g/mol. The van der Waals surface area contributed by atoms with Crippen LogP contribution in [0.3, 0.4) is 0 Å². The smallest absolute Gasteiger partial charge is 0.426 e. The zero-order valence-electron chi connectivity index (χ0n) is 18.5. The molecule has 0 atom stereocenters. The summed E-state index contributed by atoms with van der Waals surface area (Å²) in [6, 6.07) is 5.37. The Morgan fingerprint density at radius 2 is 1.50 bits per heavy atom. The van der Waals surface area contributed by atoms with E-state index in [4.69, 9.17) is 0 Å². The van der Waals surface area contributed by atoms with Gasteiger partial charge in [0.25, 0.3) is 0 Å². The third kappa shape index (κ3) is 4.86. The summed E-state index contributed by atoms with van der Waals surface area (Å²) in [6.45, 7) is 3.73. The predicted molar refractivity (Wildman–Crippen MR) is 112 cm³/mol. The lowest BCUT2D eigenvalue weighted by atomic mass is 9.77. The van der Waals surface area contributed by atoms with Crippen LogP contribution in [0.25, 0.3) is 0 Å². The van der Waals surface area contributed by atoms with E-state index in [2.05, 4.69) is 11.7 Å². The lowest BCUT2D eigenvalue weighted by Gasteiger charge is -2.34. The van der Waals surface area contributed by atoms with E-state index >= 15 is 0 Å². The van der Waals surface area contributed by atoms with Crippen molar-refractivity contribution in [1.82, 2.24) is 0 Å². The van der Waals surface area contributed by atoms with Gasteiger partial charge in [0.1, 0.15) is 0 Å². The number of hydrogen-bond acceptors (Lipinski definition) is 1. The van der Waals surface area contributed by atoms with Crippen LogP contribution in [0, 0.1) is 5.92 Å². The minimum atomic E-state index is -4.85. The van der Waals surface area contributed by atoms with Crippen LogP contribution in [0.15, 0.2) is 47.7 Å². The number of benzene rings is 1. The Balaban J connectivity index is 1.73. The second-order valence-electron chi connectivity index (χ2n) is 8.87. The van der Waals surface area contributed by atoms with E-state index in [9.17, 15) is 26.3 Å². The minimum Gasteiger partial charge on any atom is -0.427 e. The summed E-state index contributed by atoms with van der Waals surface area (Å²) < 4.78 is 90.6. The maximum absolute atomic E-state index is 14.6. The number of allylic oxidation sites excluding steroid dienone is 4. The molecule has 0 amide bonds. The van der Waals surface area contributed by atoms with E-state index in [0.717, 1.165) is 55.9 Å². The predicted octanol–water partition coefficient (Wildman–Crippen LogP) is 8.72. The Morgan fingerprint density at radius 1 is 0.875 bits per heavy atom. The van der Waals surface area contributed by atoms with Crippen LogP contribution in [0.1, 0.15) is 82.3 Å². The first-order valence-corrected chi connectivity index (χ1v) is 11.4. The summed E-state index contributed by atoms with van der Waals surface area (Å²) in [5.41, 5.74) is -0.525. The molecule has 2 aliphatic carbocycles. The first kappa shape index (κ1) is 24.7. The number of hydrogen-bond donors (Lipinski definition) is 0. The van der Waals surface area contributed by atoms with E-state index in [1.807, 2.05) is 0 Å². The molecule has 0 heterocycles. The molecule has 0 bridgehead atoms. The number of rotatable bonds is 8. The van der Waals surface area contributed by atoms with E-state index < -0.39 is 34.8 Å². The van der Waals surface area contributed by atoms with Gasteiger partial charge in [-0.25, -0.2) is 0 Å². The molecule has 1 fully saturated rings. The van der Waals surface area contributed by atoms with Crippen molar-refractivity contribution < 1.29 is 31.1 Å². The van der Waals surface area contributed by atoms with Gasteiger partial charge in [-0.05, 0) is 67.7 Å². The summed E-state index contributed by atoms with van der Waals surface area (Å²) >= 11 is 0. The quantitative estimate of drug-likeness (QED) is 0.353. The van der Waals surface area contributed by atoms with Gasteiger partial charge in [-0.3, -0.25) is 0 Å². The fourth-order valence-electron chi connectivity index (χ4n) is 4.69. The summed E-state index contributed by atoms with van der Waals surface area (Å²) in [6.07, 6.45) is 3.60. The fourth-order valence-corrected chi connectivity index (χ4v) is 4.69. The largest absolute Gasteiger partial charge is 0.427 e. The Labute approximate surface area is 185 Å². The second-order valence-corrected chi connectivity index (χ2v) is 8.87. The Morgan fingerprint density at radius 3 is 2.06 bits per heavy atom. The topological polar surface area (TPSA) is 9.23 Å². The molecule has 2 aliphatic rings. The lowest BCUT2D eigenvalue weighted by Crippen LogP contribution is -2.47. The molecule has 32 heavy (non-hydrogen) atoms. The Bertz CT molecular complexity index is 832. The molecule has 1 aromatic rings. The summed E-state index contributed by atoms with van der Waals surface area (Å²) in [5.74, 6) is -10.2. The summed E-state index contributed by atoms with van der Waals surface area (Å²) in [5, 5.41) is 0. The van der Waals surface area contributed by atoms with Gasteiger partial charge in [-0.1, -0.05) is 51.3 Å². The fraction of sp³-hybridized carbons (Fsp3) is 0.600. The van der Waals surface area contributed by atoms with Crippen molar-refractivity contribution in [3.05, 3.63) is 58.9 Å². The standard InChI is InChI=1S/C25H30F6O/c1-3-5-17-7-9-18(10-8-17)19-11-13-21(14-12-19)25(30,31)32-22-16-15-20(6-4-2)23(26,27)24(22,28)29/h11-18H,3-10H2,1-2H3. The van der Waals surface area contributed by atoms with Gasteiger partial charge in [-0.2, -0.15) is 26.3 Å². The molecule has 1 aromatic carbocycles. The molecule has 7 heteroatoms. The minimum absolute atomic E-state index is 0.226. The maximum atomic E-state index is 14.6. The normalized spacial score (nSPS) is 25.1. The van der Waals surface area contributed by atoms with E-state index in [-0.39, 0.29) is 18.8 Å². The van der Waals surface area contributed by atoms with Crippen molar-refractivity contribution in [2.24, 2.45) is 5.92 Å². The third-order valence-electron chi connectivity index (χ3n) is 6.56. The zero-order valence-corrected chi connectivity index (χ0v) is 18.5. The molecule has 0 radical (unpaired) electrons. The molecule has 1 nitrogen and oxygen atoms in total. The number of halogens is 6. The van der Waals surface area contributed by atoms with Gasteiger partial charge in [0.15, 0.2) is 5.76 Å². The third-order valence-corrected chi connectivity index (χ3v) is 6.56. The molecule has 3 rings (SSSR count).